The first-order valence-electron chi connectivity index (χ1n) is 10.8. The van der Waals surface area contributed by atoms with Crippen molar-refractivity contribution in [3.05, 3.63) is 29.8 Å². The van der Waals surface area contributed by atoms with Crippen LogP contribution in [0.15, 0.2) is 24.3 Å². The molecule has 1 aromatic rings. The lowest BCUT2D eigenvalue weighted by Gasteiger charge is -2.34. The van der Waals surface area contributed by atoms with Crippen LogP contribution in [0.5, 0.6) is 0 Å². The number of hydrogen-bond donors (Lipinski definition) is 2. The van der Waals surface area contributed by atoms with Crippen molar-refractivity contribution in [3.8, 4) is 0 Å². The third-order valence-corrected chi connectivity index (χ3v) is 6.00. The van der Waals surface area contributed by atoms with E-state index in [2.05, 4.69) is 5.32 Å². The van der Waals surface area contributed by atoms with Gasteiger partial charge >= 0.3 is 12.1 Å². The zero-order valence-corrected chi connectivity index (χ0v) is 18.0. The average molecular weight is 417 g/mol. The molecule has 0 aromatic heterocycles. The van der Waals surface area contributed by atoms with E-state index in [1.165, 1.54) is 31.4 Å². The molecule has 2 atom stereocenters. The Labute approximate surface area is 177 Å². The third-order valence-electron chi connectivity index (χ3n) is 6.00. The summed E-state index contributed by atoms with van der Waals surface area (Å²) in [5, 5.41) is 11.9. The molecule has 1 aliphatic heterocycles. The molecule has 7 nitrogen and oxygen atoms in total. The Hall–Kier alpha value is -2.57. The van der Waals surface area contributed by atoms with Crippen molar-refractivity contribution in [2.24, 2.45) is 11.8 Å². The van der Waals surface area contributed by atoms with Gasteiger partial charge in [-0.05, 0) is 63.3 Å². The Morgan fingerprint density at radius 2 is 1.67 bits per heavy atom. The molecule has 164 valence electrons. The predicted molar refractivity (Wildman–Crippen MR) is 113 cm³/mol. The Bertz CT molecular complexity index is 778. The number of likely N-dealkylation sites (tertiary alicyclic amines) is 1. The molecule has 0 unspecified atom stereocenters. The van der Waals surface area contributed by atoms with E-state index in [9.17, 15) is 14.4 Å². The van der Waals surface area contributed by atoms with Gasteiger partial charge in [-0.15, -0.1) is 0 Å². The summed E-state index contributed by atoms with van der Waals surface area (Å²) in [5.41, 5.74) is 0.0426. The zero-order chi connectivity index (χ0) is 21.9. The number of carboxylic acid groups (broad SMARTS) is 1. The molecular formula is C23H32N2O5. The van der Waals surface area contributed by atoms with Crippen molar-refractivity contribution < 1.29 is 24.2 Å². The van der Waals surface area contributed by atoms with Crippen LogP contribution in [0.25, 0.3) is 0 Å². The van der Waals surface area contributed by atoms with E-state index in [1.807, 2.05) is 20.8 Å². The second-order valence-electron chi connectivity index (χ2n) is 9.34. The van der Waals surface area contributed by atoms with Gasteiger partial charge < -0.3 is 15.2 Å². The van der Waals surface area contributed by atoms with Gasteiger partial charge in [0.2, 0.25) is 5.91 Å². The molecule has 2 aliphatic rings. The lowest BCUT2D eigenvalue weighted by atomic mass is 9.76. The van der Waals surface area contributed by atoms with E-state index in [0.717, 1.165) is 19.3 Å². The molecule has 1 aliphatic carbocycles. The number of carbonyl (C=O) groups is 3. The minimum Gasteiger partial charge on any atom is -0.478 e. The lowest BCUT2D eigenvalue weighted by Crippen LogP contribution is -2.49. The quantitative estimate of drug-likeness (QED) is 0.752. The van der Waals surface area contributed by atoms with Gasteiger partial charge in [0.05, 0.1) is 5.56 Å². The number of amides is 2. The molecule has 1 saturated heterocycles. The normalized spacial score (nSPS) is 22.6. The lowest BCUT2D eigenvalue weighted by molar-refractivity contribution is -0.122. The van der Waals surface area contributed by atoms with Crippen molar-refractivity contribution in [1.29, 1.82) is 0 Å². The minimum atomic E-state index is -1.02. The Morgan fingerprint density at radius 1 is 1.03 bits per heavy atom. The number of nitrogens with one attached hydrogen (secondary N) is 1. The van der Waals surface area contributed by atoms with Gasteiger partial charge in [-0.2, -0.15) is 0 Å². The molecule has 0 radical (unpaired) electrons. The van der Waals surface area contributed by atoms with Crippen molar-refractivity contribution in [3.63, 3.8) is 0 Å². The summed E-state index contributed by atoms with van der Waals surface area (Å²) < 4.78 is 5.57. The van der Waals surface area contributed by atoms with E-state index >= 15 is 0 Å². The standard InChI is InChI=1S/C23H32N2O5/c1-23(2,3)30-22(29)25-14-13-18(15-7-5-4-6-8-15)19(25)20(26)24-17-11-9-16(10-12-17)21(27)28/h9-12,15,18-19H,4-8,13-14H2,1-3H3,(H,24,26)(H,27,28)/t18-,19-/m0/s1. The summed E-state index contributed by atoms with van der Waals surface area (Å²) in [4.78, 5) is 38.7. The second-order valence-corrected chi connectivity index (χ2v) is 9.34. The molecule has 0 spiro atoms. The fraction of sp³-hybridized carbons (Fsp3) is 0.609. The first-order valence-corrected chi connectivity index (χ1v) is 10.8. The highest BCUT2D eigenvalue weighted by Gasteiger charge is 2.46. The fourth-order valence-corrected chi connectivity index (χ4v) is 4.65. The molecule has 30 heavy (non-hydrogen) atoms. The topological polar surface area (TPSA) is 95.9 Å². The van der Waals surface area contributed by atoms with Gasteiger partial charge in [0, 0.05) is 12.2 Å². The van der Waals surface area contributed by atoms with Gasteiger partial charge in [-0.25, -0.2) is 9.59 Å². The number of aromatic carboxylic acids is 1. The molecular weight excluding hydrogens is 384 g/mol. The summed E-state index contributed by atoms with van der Waals surface area (Å²) in [6.07, 6.45) is 6.07. The van der Waals surface area contributed by atoms with Crippen LogP contribution in [0.3, 0.4) is 0 Å². The maximum atomic E-state index is 13.3. The van der Waals surface area contributed by atoms with Crippen molar-refractivity contribution in [1.82, 2.24) is 4.90 Å². The molecule has 3 rings (SSSR count). The van der Waals surface area contributed by atoms with Crippen molar-refractivity contribution in [2.75, 3.05) is 11.9 Å². The minimum absolute atomic E-state index is 0.108. The van der Waals surface area contributed by atoms with E-state index in [1.54, 1.807) is 17.0 Å². The molecule has 1 saturated carbocycles. The summed E-state index contributed by atoms with van der Waals surface area (Å²) >= 11 is 0. The number of anilines is 1. The van der Waals surface area contributed by atoms with Crippen LogP contribution in [0, 0.1) is 11.8 Å². The maximum Gasteiger partial charge on any atom is 0.410 e. The monoisotopic (exact) mass is 416 g/mol. The largest absolute Gasteiger partial charge is 0.478 e. The van der Waals surface area contributed by atoms with Gasteiger partial charge in [0.1, 0.15) is 11.6 Å². The second kappa shape index (κ2) is 9.06. The third kappa shape index (κ3) is 5.32. The van der Waals surface area contributed by atoms with E-state index in [4.69, 9.17) is 9.84 Å². The smallest absolute Gasteiger partial charge is 0.410 e. The predicted octanol–water partition coefficient (Wildman–Crippen LogP) is 4.53. The molecule has 2 N–H and O–H groups in total. The summed E-state index contributed by atoms with van der Waals surface area (Å²) in [6.45, 7) is 5.96. The SMILES string of the molecule is CC(C)(C)OC(=O)N1CC[C@@H](C2CCCCC2)[C@H]1C(=O)Nc1ccc(C(=O)O)cc1. The van der Waals surface area contributed by atoms with Crippen molar-refractivity contribution in [2.45, 2.75) is 70.9 Å². The molecule has 2 amide bonds. The molecule has 7 heteroatoms. The number of benzene rings is 1. The van der Waals surface area contributed by atoms with Gasteiger partial charge in [-0.1, -0.05) is 32.1 Å². The van der Waals surface area contributed by atoms with Crippen LogP contribution in [0.1, 0.15) is 69.7 Å². The number of carboxylic acids is 1. The molecule has 2 fully saturated rings. The van der Waals surface area contributed by atoms with Crippen molar-refractivity contribution >= 4 is 23.7 Å². The molecule has 1 heterocycles. The van der Waals surface area contributed by atoms with Crippen LogP contribution in [-0.2, 0) is 9.53 Å². The highest BCUT2D eigenvalue weighted by atomic mass is 16.6. The zero-order valence-electron chi connectivity index (χ0n) is 18.0. The van der Waals surface area contributed by atoms with Gasteiger partial charge in [0.25, 0.3) is 0 Å². The fourth-order valence-electron chi connectivity index (χ4n) is 4.65. The van der Waals surface area contributed by atoms with E-state index in [0.29, 0.717) is 18.2 Å². The van der Waals surface area contributed by atoms with Crippen LogP contribution in [0.2, 0.25) is 0 Å². The van der Waals surface area contributed by atoms with Crippen LogP contribution < -0.4 is 5.32 Å². The molecule has 1 aromatic carbocycles. The maximum absolute atomic E-state index is 13.3. The Balaban J connectivity index is 1.79. The van der Waals surface area contributed by atoms with Gasteiger partial charge in [0.15, 0.2) is 0 Å². The number of ether oxygens (including phenoxy) is 1. The highest BCUT2D eigenvalue weighted by molar-refractivity contribution is 5.97. The van der Waals surface area contributed by atoms with E-state index < -0.39 is 23.7 Å². The van der Waals surface area contributed by atoms with E-state index in [-0.39, 0.29) is 17.4 Å². The highest BCUT2D eigenvalue weighted by Crippen LogP contribution is 2.39. The molecule has 0 bridgehead atoms. The number of hydrogen-bond acceptors (Lipinski definition) is 4. The Morgan fingerprint density at radius 3 is 2.23 bits per heavy atom. The first kappa shape index (κ1) is 22.1. The van der Waals surface area contributed by atoms with Crippen LogP contribution in [-0.4, -0.2) is 46.2 Å². The Kier molecular flexibility index (Phi) is 6.68. The summed E-state index contributed by atoms with van der Waals surface area (Å²) in [7, 11) is 0. The average Bonchev–Trinajstić information content (AvgIpc) is 3.13. The number of carbonyl (C=O) groups excluding carboxylic acids is 2. The summed E-state index contributed by atoms with van der Waals surface area (Å²) in [5.74, 6) is -0.721. The van der Waals surface area contributed by atoms with Crippen LogP contribution >= 0.6 is 0 Å². The first-order chi connectivity index (χ1) is 14.2. The number of rotatable bonds is 4. The van der Waals surface area contributed by atoms with Crippen LogP contribution in [0.4, 0.5) is 10.5 Å². The summed E-state index contributed by atoms with van der Waals surface area (Å²) in [6, 6.07) is 5.48. The van der Waals surface area contributed by atoms with Gasteiger partial charge in [-0.3, -0.25) is 9.69 Å². The number of nitrogens with zero attached hydrogens (tertiary/aromatic N) is 1.